The van der Waals surface area contributed by atoms with Crippen LogP contribution in [-0.2, 0) is 0 Å². The van der Waals surface area contributed by atoms with Gasteiger partial charge >= 0.3 is 0 Å². The Labute approximate surface area is 118 Å². The van der Waals surface area contributed by atoms with Crippen LogP contribution in [0, 0.1) is 5.92 Å². The Bertz CT molecular complexity index is 366. The van der Waals surface area contributed by atoms with Gasteiger partial charge in [-0.2, -0.15) is 0 Å². The molecule has 0 saturated carbocycles. The third-order valence-electron chi connectivity index (χ3n) is 3.11. The van der Waals surface area contributed by atoms with Crippen LogP contribution in [0.2, 0.25) is 0 Å². The average molecular weight is 264 g/mol. The van der Waals surface area contributed by atoms with E-state index in [2.05, 4.69) is 43.2 Å². The van der Waals surface area contributed by atoms with Crippen LogP contribution in [0.4, 0.5) is 0 Å². The number of benzene rings is 1. The number of rotatable bonds is 8. The first-order valence-electron chi connectivity index (χ1n) is 7.16. The van der Waals surface area contributed by atoms with Crippen molar-refractivity contribution in [1.82, 2.24) is 10.2 Å². The molecule has 1 unspecified atom stereocenters. The zero-order chi connectivity index (χ0) is 14.3. The van der Waals surface area contributed by atoms with Gasteiger partial charge in [0.1, 0.15) is 5.75 Å². The SMILES string of the molecule is CCOc1ccccc1C(CN(C)CC(C)C)NC. The highest BCUT2D eigenvalue weighted by Gasteiger charge is 2.16. The lowest BCUT2D eigenvalue weighted by Crippen LogP contribution is -2.33. The summed E-state index contributed by atoms with van der Waals surface area (Å²) >= 11 is 0. The predicted octanol–water partition coefficient (Wildman–Crippen LogP) is 2.93. The van der Waals surface area contributed by atoms with E-state index in [0.29, 0.717) is 18.6 Å². The maximum absolute atomic E-state index is 5.72. The summed E-state index contributed by atoms with van der Waals surface area (Å²) in [7, 11) is 4.18. The average Bonchev–Trinajstić information content (AvgIpc) is 2.36. The van der Waals surface area contributed by atoms with Gasteiger partial charge < -0.3 is 15.0 Å². The minimum absolute atomic E-state index is 0.298. The fourth-order valence-corrected chi connectivity index (χ4v) is 2.41. The fourth-order valence-electron chi connectivity index (χ4n) is 2.41. The van der Waals surface area contributed by atoms with E-state index in [4.69, 9.17) is 4.74 Å². The van der Waals surface area contributed by atoms with Crippen molar-refractivity contribution in [1.29, 1.82) is 0 Å². The summed E-state index contributed by atoms with van der Waals surface area (Å²) in [6.07, 6.45) is 0. The molecule has 0 radical (unpaired) electrons. The number of likely N-dealkylation sites (N-methyl/N-ethyl adjacent to an activating group) is 2. The second kappa shape index (κ2) is 8.18. The Balaban J connectivity index is 2.79. The second-order valence-electron chi connectivity index (χ2n) is 5.43. The maximum Gasteiger partial charge on any atom is 0.124 e. The van der Waals surface area contributed by atoms with Gasteiger partial charge in [0.15, 0.2) is 0 Å². The molecule has 0 amide bonds. The maximum atomic E-state index is 5.72. The van der Waals surface area contributed by atoms with Crippen LogP contribution in [-0.4, -0.2) is 38.7 Å². The first kappa shape index (κ1) is 16.0. The smallest absolute Gasteiger partial charge is 0.124 e. The molecule has 1 N–H and O–H groups in total. The molecule has 1 aromatic carbocycles. The van der Waals surface area contributed by atoms with Gasteiger partial charge in [-0.1, -0.05) is 32.0 Å². The fraction of sp³-hybridized carbons (Fsp3) is 0.625. The molecule has 0 spiro atoms. The molecule has 108 valence electrons. The van der Waals surface area contributed by atoms with Crippen molar-refractivity contribution < 1.29 is 4.74 Å². The zero-order valence-electron chi connectivity index (χ0n) is 12.9. The van der Waals surface area contributed by atoms with Gasteiger partial charge in [0, 0.05) is 24.7 Å². The highest BCUT2D eigenvalue weighted by atomic mass is 16.5. The van der Waals surface area contributed by atoms with Crippen molar-refractivity contribution in [3.05, 3.63) is 29.8 Å². The lowest BCUT2D eigenvalue weighted by Gasteiger charge is -2.26. The van der Waals surface area contributed by atoms with E-state index < -0.39 is 0 Å². The van der Waals surface area contributed by atoms with Gasteiger partial charge in [0.05, 0.1) is 6.61 Å². The van der Waals surface area contributed by atoms with Gasteiger partial charge in [-0.25, -0.2) is 0 Å². The minimum Gasteiger partial charge on any atom is -0.494 e. The Hall–Kier alpha value is -1.06. The normalized spacial score (nSPS) is 13.0. The van der Waals surface area contributed by atoms with Gasteiger partial charge in [0.25, 0.3) is 0 Å². The lowest BCUT2D eigenvalue weighted by molar-refractivity contribution is 0.261. The number of nitrogens with zero attached hydrogens (tertiary/aromatic N) is 1. The van der Waals surface area contributed by atoms with Gasteiger partial charge in [-0.05, 0) is 33.0 Å². The van der Waals surface area contributed by atoms with E-state index in [1.54, 1.807) is 0 Å². The van der Waals surface area contributed by atoms with E-state index in [1.807, 2.05) is 26.1 Å². The summed E-state index contributed by atoms with van der Waals surface area (Å²) in [4.78, 5) is 2.37. The third-order valence-corrected chi connectivity index (χ3v) is 3.11. The van der Waals surface area contributed by atoms with Crippen LogP contribution in [0.3, 0.4) is 0 Å². The molecular formula is C16H28N2O. The molecule has 0 aromatic heterocycles. The molecule has 0 aliphatic heterocycles. The van der Waals surface area contributed by atoms with Crippen LogP contribution in [0.15, 0.2) is 24.3 Å². The summed E-state index contributed by atoms with van der Waals surface area (Å²) in [5, 5.41) is 3.40. The molecule has 1 rings (SSSR count). The minimum atomic E-state index is 0.298. The quantitative estimate of drug-likeness (QED) is 0.781. The van der Waals surface area contributed by atoms with Crippen LogP contribution < -0.4 is 10.1 Å². The molecule has 19 heavy (non-hydrogen) atoms. The largest absolute Gasteiger partial charge is 0.494 e. The summed E-state index contributed by atoms with van der Waals surface area (Å²) in [6.45, 7) is 9.32. The van der Waals surface area contributed by atoms with Gasteiger partial charge in [-0.3, -0.25) is 0 Å². The number of para-hydroxylation sites is 1. The molecule has 3 nitrogen and oxygen atoms in total. The third kappa shape index (κ3) is 5.21. The topological polar surface area (TPSA) is 24.5 Å². The van der Waals surface area contributed by atoms with Gasteiger partial charge in [0.2, 0.25) is 0 Å². The second-order valence-corrected chi connectivity index (χ2v) is 5.43. The first-order valence-corrected chi connectivity index (χ1v) is 7.16. The van der Waals surface area contributed by atoms with Crippen molar-refractivity contribution in [2.75, 3.05) is 33.8 Å². The monoisotopic (exact) mass is 264 g/mol. The van der Waals surface area contributed by atoms with E-state index in [-0.39, 0.29) is 0 Å². The molecule has 0 heterocycles. The number of nitrogens with one attached hydrogen (secondary N) is 1. The number of hydrogen-bond donors (Lipinski definition) is 1. The molecule has 0 bridgehead atoms. The molecule has 0 aliphatic rings. The van der Waals surface area contributed by atoms with Crippen molar-refractivity contribution in [2.24, 2.45) is 5.92 Å². The molecule has 0 saturated heterocycles. The molecule has 1 atom stereocenters. The Morgan fingerprint density at radius 1 is 1.21 bits per heavy atom. The molecular weight excluding hydrogens is 236 g/mol. The van der Waals surface area contributed by atoms with Crippen LogP contribution in [0.1, 0.15) is 32.4 Å². The zero-order valence-corrected chi connectivity index (χ0v) is 12.9. The summed E-state index contributed by atoms with van der Waals surface area (Å²) in [6, 6.07) is 8.59. The lowest BCUT2D eigenvalue weighted by atomic mass is 10.0. The van der Waals surface area contributed by atoms with Crippen molar-refractivity contribution in [3.63, 3.8) is 0 Å². The summed E-state index contributed by atoms with van der Waals surface area (Å²) < 4.78 is 5.72. The van der Waals surface area contributed by atoms with Crippen LogP contribution in [0.25, 0.3) is 0 Å². The molecule has 0 aliphatic carbocycles. The Morgan fingerprint density at radius 2 is 1.89 bits per heavy atom. The van der Waals surface area contributed by atoms with E-state index >= 15 is 0 Å². The summed E-state index contributed by atoms with van der Waals surface area (Å²) in [5.74, 6) is 1.67. The molecule has 1 aromatic rings. The van der Waals surface area contributed by atoms with Gasteiger partial charge in [-0.15, -0.1) is 0 Å². The molecule has 0 fully saturated rings. The number of ether oxygens (including phenoxy) is 1. The van der Waals surface area contributed by atoms with E-state index in [9.17, 15) is 0 Å². The van der Waals surface area contributed by atoms with Crippen molar-refractivity contribution in [2.45, 2.75) is 26.8 Å². The molecule has 3 heteroatoms. The van der Waals surface area contributed by atoms with E-state index in [0.717, 1.165) is 18.8 Å². The van der Waals surface area contributed by atoms with E-state index in [1.165, 1.54) is 5.56 Å². The van der Waals surface area contributed by atoms with Crippen LogP contribution in [0.5, 0.6) is 5.75 Å². The highest BCUT2D eigenvalue weighted by molar-refractivity contribution is 5.36. The summed E-state index contributed by atoms with van der Waals surface area (Å²) in [5.41, 5.74) is 1.24. The predicted molar refractivity (Wildman–Crippen MR) is 81.7 cm³/mol. The standard InChI is InChI=1S/C16H28N2O/c1-6-19-16-10-8-7-9-14(16)15(17-4)12-18(5)11-13(2)3/h7-10,13,15,17H,6,11-12H2,1-5H3. The van der Waals surface area contributed by atoms with Crippen molar-refractivity contribution >= 4 is 0 Å². The Morgan fingerprint density at radius 3 is 2.47 bits per heavy atom. The highest BCUT2D eigenvalue weighted by Crippen LogP contribution is 2.25. The van der Waals surface area contributed by atoms with Crippen molar-refractivity contribution in [3.8, 4) is 5.75 Å². The number of hydrogen-bond acceptors (Lipinski definition) is 3. The van der Waals surface area contributed by atoms with Crippen LogP contribution >= 0.6 is 0 Å². The first-order chi connectivity index (χ1) is 9.08. The Kier molecular flexibility index (Phi) is 6.89.